The number of carbonyl (C=O) groups is 2. The van der Waals surface area contributed by atoms with Crippen molar-refractivity contribution in [2.45, 2.75) is 43.4 Å². The van der Waals surface area contributed by atoms with Gasteiger partial charge in [-0.15, -0.1) is 11.8 Å². The van der Waals surface area contributed by atoms with Gasteiger partial charge in [0, 0.05) is 22.1 Å². The number of benzene rings is 1. The van der Waals surface area contributed by atoms with Gasteiger partial charge in [-0.05, 0) is 43.4 Å². The Morgan fingerprint density at radius 2 is 2.05 bits per heavy atom. The Labute approximate surface area is 165 Å². The Bertz CT molecular complexity index is 587. The van der Waals surface area contributed by atoms with Gasteiger partial charge >= 0.3 is 43.7 Å². The fraction of sp³-hybridized carbons (Fsp3) is 0.529. The maximum atomic E-state index is 12.9. The summed E-state index contributed by atoms with van der Waals surface area (Å²) in [5.41, 5.74) is 1.48. The molecule has 0 radical (unpaired) electrons. The van der Waals surface area contributed by atoms with E-state index >= 15 is 0 Å². The van der Waals surface area contributed by atoms with Crippen LogP contribution in [-0.2, 0) is 4.79 Å². The number of ketones is 1. The van der Waals surface area contributed by atoms with Crippen molar-refractivity contribution in [3.8, 4) is 0 Å². The normalized spacial score (nSPS) is 25.2. The number of hydrogen-bond donors (Lipinski definition) is 1. The van der Waals surface area contributed by atoms with E-state index < -0.39 is 11.9 Å². The summed E-state index contributed by atoms with van der Waals surface area (Å²) < 4.78 is 0. The zero-order valence-corrected chi connectivity index (χ0v) is 13.0. The molecule has 1 aliphatic carbocycles. The van der Waals surface area contributed by atoms with Crippen LogP contribution in [0.25, 0.3) is 0 Å². The predicted octanol–water partition coefficient (Wildman–Crippen LogP) is 3.05. The van der Waals surface area contributed by atoms with Crippen LogP contribution in [-0.4, -0.2) is 60.4 Å². The van der Waals surface area contributed by atoms with Crippen molar-refractivity contribution in [1.82, 2.24) is 0 Å². The van der Waals surface area contributed by atoms with E-state index in [9.17, 15) is 9.59 Å². The van der Waals surface area contributed by atoms with E-state index in [2.05, 4.69) is 0 Å². The van der Waals surface area contributed by atoms with E-state index in [4.69, 9.17) is 5.11 Å². The molecule has 0 aromatic heterocycles. The molecular formula is C17H22CaO3S. The number of carbonyl (C=O) groups excluding carboxylic acids is 1. The molecule has 0 spiro atoms. The minimum atomic E-state index is -0.848. The molecule has 1 N–H and O–H groups in total. The molecule has 1 fully saturated rings. The summed E-state index contributed by atoms with van der Waals surface area (Å²) in [6, 6.07) is 5.61. The Morgan fingerprint density at radius 3 is 2.77 bits per heavy atom. The number of carboxylic acid groups (broad SMARTS) is 1. The van der Waals surface area contributed by atoms with Crippen molar-refractivity contribution >= 4 is 61.3 Å². The first-order valence-corrected chi connectivity index (χ1v) is 8.60. The number of thioether (sulfide) groups is 1. The molecular weight excluding hydrogens is 324 g/mol. The van der Waals surface area contributed by atoms with Crippen molar-refractivity contribution in [3.05, 3.63) is 29.3 Å². The topological polar surface area (TPSA) is 54.4 Å². The van der Waals surface area contributed by atoms with Crippen molar-refractivity contribution in [3.63, 3.8) is 0 Å². The third kappa shape index (κ3) is 3.55. The van der Waals surface area contributed by atoms with Crippen molar-refractivity contribution in [2.75, 3.05) is 5.75 Å². The zero-order valence-electron chi connectivity index (χ0n) is 12.2. The van der Waals surface area contributed by atoms with Crippen LogP contribution in [0.5, 0.6) is 0 Å². The Morgan fingerprint density at radius 1 is 1.32 bits per heavy atom. The molecule has 2 aliphatic rings. The van der Waals surface area contributed by atoms with Crippen LogP contribution >= 0.6 is 11.8 Å². The van der Waals surface area contributed by atoms with Crippen molar-refractivity contribution < 1.29 is 14.7 Å². The Kier molecular flexibility index (Phi) is 6.40. The molecule has 1 aliphatic heterocycles. The molecule has 0 bridgehead atoms. The van der Waals surface area contributed by atoms with Crippen molar-refractivity contribution in [2.24, 2.45) is 11.8 Å². The van der Waals surface area contributed by atoms with E-state index in [-0.39, 0.29) is 49.4 Å². The summed E-state index contributed by atoms with van der Waals surface area (Å²) >= 11 is 1.76. The summed E-state index contributed by atoms with van der Waals surface area (Å²) in [6.07, 6.45) is 4.50. The van der Waals surface area contributed by atoms with Crippen LogP contribution < -0.4 is 0 Å². The molecule has 5 heteroatoms. The monoisotopic (exact) mass is 346 g/mol. The van der Waals surface area contributed by atoms with Gasteiger partial charge in [-0.2, -0.15) is 0 Å². The molecule has 1 saturated carbocycles. The average molecular weight is 347 g/mol. The first kappa shape index (κ1) is 18.3. The molecule has 1 heterocycles. The summed E-state index contributed by atoms with van der Waals surface area (Å²) in [5, 5.41) is 9.16. The van der Waals surface area contributed by atoms with Gasteiger partial charge in [0.05, 0.1) is 5.92 Å². The quantitative estimate of drug-likeness (QED) is 0.836. The number of Topliss-reactive ketones (excluding diaryl/α,β-unsaturated/α-hetero) is 1. The van der Waals surface area contributed by atoms with Gasteiger partial charge in [-0.3, -0.25) is 9.59 Å². The van der Waals surface area contributed by atoms with Gasteiger partial charge in [-0.25, -0.2) is 0 Å². The fourth-order valence-corrected chi connectivity index (χ4v) is 4.70. The molecule has 1 aromatic rings. The summed E-state index contributed by atoms with van der Waals surface area (Å²) in [6.45, 7) is 1.67. The third-order valence-corrected chi connectivity index (χ3v) is 6.10. The van der Waals surface area contributed by atoms with Gasteiger partial charge in [0.2, 0.25) is 0 Å². The molecule has 3 nitrogen and oxygen atoms in total. The van der Waals surface area contributed by atoms with Gasteiger partial charge in [0.25, 0.3) is 0 Å². The van der Waals surface area contributed by atoms with E-state index in [0.29, 0.717) is 5.92 Å². The Balaban J connectivity index is 0.00000176. The summed E-state index contributed by atoms with van der Waals surface area (Å²) in [5.74, 6) is 0.459. The second-order valence-electron chi connectivity index (χ2n) is 6.14. The molecule has 0 saturated heterocycles. The van der Waals surface area contributed by atoms with Gasteiger partial charge < -0.3 is 5.11 Å². The molecule has 3 rings (SSSR count). The van der Waals surface area contributed by atoms with E-state index in [1.165, 1.54) is 6.42 Å². The van der Waals surface area contributed by atoms with E-state index in [0.717, 1.165) is 41.0 Å². The first-order chi connectivity index (χ1) is 10.1. The number of carboxylic acids is 1. The molecule has 3 atom stereocenters. The Hall–Kier alpha value is -0.0303. The van der Waals surface area contributed by atoms with Crippen LogP contribution in [0.4, 0.5) is 0 Å². The first-order valence-electron chi connectivity index (χ1n) is 7.61. The molecule has 116 valence electrons. The van der Waals surface area contributed by atoms with Crippen LogP contribution in [0.3, 0.4) is 0 Å². The van der Waals surface area contributed by atoms with Gasteiger partial charge in [0.15, 0.2) is 5.78 Å². The average Bonchev–Trinajstić information content (AvgIpc) is 2.64. The minimum absolute atomic E-state index is 0. The number of aliphatic carboxylic acids is 1. The predicted molar refractivity (Wildman–Crippen MR) is 91.5 cm³/mol. The number of rotatable bonds is 2. The molecule has 1 aromatic carbocycles. The number of fused-ring (bicyclic) bond motifs is 2. The number of hydrogen-bond acceptors (Lipinski definition) is 3. The molecule has 0 amide bonds. The maximum absolute atomic E-state index is 12.9. The zero-order chi connectivity index (χ0) is 15.0. The van der Waals surface area contributed by atoms with Crippen LogP contribution in [0.1, 0.15) is 54.4 Å². The van der Waals surface area contributed by atoms with Gasteiger partial charge in [0.1, 0.15) is 0 Å². The van der Waals surface area contributed by atoms with Crippen LogP contribution in [0.2, 0.25) is 0 Å². The second kappa shape index (κ2) is 7.69. The SMILES string of the molecule is CC(C(=O)O)c1ccc2c(c1)C(=O)C1CCCCC1CS2.[CaH2]. The summed E-state index contributed by atoms with van der Waals surface area (Å²) in [4.78, 5) is 25.0. The van der Waals surface area contributed by atoms with Crippen molar-refractivity contribution in [1.29, 1.82) is 0 Å². The fourth-order valence-electron chi connectivity index (χ4n) is 3.43. The van der Waals surface area contributed by atoms with Crippen LogP contribution in [0.15, 0.2) is 23.1 Å². The third-order valence-electron chi connectivity index (χ3n) is 4.84. The standard InChI is InChI=1S/C17H20O3S.Ca.2H/c1-10(17(19)20)11-6-7-15-14(8-11)16(18)13-5-3-2-4-12(13)9-21-15;;;/h6-8,10,12-13H,2-5,9H2,1H3,(H,19,20);;;. The summed E-state index contributed by atoms with van der Waals surface area (Å²) in [7, 11) is 0. The van der Waals surface area contributed by atoms with E-state index in [1.807, 2.05) is 18.2 Å². The van der Waals surface area contributed by atoms with Crippen LogP contribution in [0, 0.1) is 11.8 Å². The second-order valence-corrected chi connectivity index (χ2v) is 7.20. The van der Waals surface area contributed by atoms with E-state index in [1.54, 1.807) is 18.7 Å². The molecule has 3 unspecified atom stereocenters. The van der Waals surface area contributed by atoms with Gasteiger partial charge in [-0.1, -0.05) is 18.9 Å². The molecule has 22 heavy (non-hydrogen) atoms.